The van der Waals surface area contributed by atoms with Gasteiger partial charge >= 0.3 is 6.03 Å². The van der Waals surface area contributed by atoms with E-state index in [0.717, 1.165) is 12.8 Å². The lowest BCUT2D eigenvalue weighted by atomic mass is 9.90. The van der Waals surface area contributed by atoms with Crippen molar-refractivity contribution in [1.82, 2.24) is 15.8 Å². The van der Waals surface area contributed by atoms with Crippen molar-refractivity contribution >= 4 is 6.03 Å². The molecule has 0 radical (unpaired) electrons. The summed E-state index contributed by atoms with van der Waals surface area (Å²) < 4.78 is 0. The van der Waals surface area contributed by atoms with Crippen LogP contribution in [0.25, 0.3) is 0 Å². The molecule has 0 aromatic heterocycles. The standard InChI is InChI=1S/C19H35N3O/c23-19(20-16-10-4-1-5-11-16)21-22(17-12-6-2-7-13-17)18-14-8-3-9-15-18/h16-18H,1-15H2,(H2,20,21,23). The molecule has 132 valence electrons. The van der Waals surface area contributed by atoms with E-state index in [0.29, 0.717) is 18.1 Å². The molecular weight excluding hydrogens is 286 g/mol. The molecule has 3 fully saturated rings. The van der Waals surface area contributed by atoms with Crippen molar-refractivity contribution in [2.24, 2.45) is 0 Å². The van der Waals surface area contributed by atoms with E-state index < -0.39 is 0 Å². The van der Waals surface area contributed by atoms with Crippen LogP contribution in [0.15, 0.2) is 0 Å². The molecule has 3 aliphatic rings. The van der Waals surface area contributed by atoms with Crippen LogP contribution in [-0.4, -0.2) is 29.2 Å². The number of hydrogen-bond acceptors (Lipinski definition) is 2. The molecule has 4 heteroatoms. The zero-order chi connectivity index (χ0) is 15.9. The van der Waals surface area contributed by atoms with E-state index >= 15 is 0 Å². The molecule has 3 saturated carbocycles. The van der Waals surface area contributed by atoms with Crippen LogP contribution in [0.4, 0.5) is 4.79 Å². The summed E-state index contributed by atoms with van der Waals surface area (Å²) in [5, 5.41) is 5.61. The van der Waals surface area contributed by atoms with Crippen LogP contribution in [-0.2, 0) is 0 Å². The monoisotopic (exact) mass is 321 g/mol. The zero-order valence-electron chi connectivity index (χ0n) is 14.7. The van der Waals surface area contributed by atoms with Gasteiger partial charge in [0.25, 0.3) is 0 Å². The molecule has 3 aliphatic carbocycles. The Morgan fingerprint density at radius 1 is 0.652 bits per heavy atom. The van der Waals surface area contributed by atoms with Gasteiger partial charge in [0, 0.05) is 18.1 Å². The van der Waals surface area contributed by atoms with E-state index in [1.54, 1.807) is 0 Å². The van der Waals surface area contributed by atoms with Crippen LogP contribution in [0.2, 0.25) is 0 Å². The minimum absolute atomic E-state index is 0.0491. The minimum Gasteiger partial charge on any atom is -0.334 e. The molecule has 0 saturated heterocycles. The summed E-state index contributed by atoms with van der Waals surface area (Å²) >= 11 is 0. The Kier molecular flexibility index (Phi) is 6.61. The maximum atomic E-state index is 12.5. The maximum absolute atomic E-state index is 12.5. The highest BCUT2D eigenvalue weighted by Gasteiger charge is 2.30. The molecule has 2 amide bonds. The summed E-state index contributed by atoms with van der Waals surface area (Å²) in [7, 11) is 0. The van der Waals surface area contributed by atoms with Gasteiger partial charge in [-0.15, -0.1) is 0 Å². The van der Waals surface area contributed by atoms with Gasteiger partial charge in [0.15, 0.2) is 0 Å². The van der Waals surface area contributed by atoms with E-state index in [4.69, 9.17) is 0 Å². The lowest BCUT2D eigenvalue weighted by Gasteiger charge is -2.41. The zero-order valence-corrected chi connectivity index (χ0v) is 14.7. The molecule has 0 atom stereocenters. The minimum atomic E-state index is 0.0491. The Morgan fingerprint density at radius 3 is 1.57 bits per heavy atom. The Hall–Kier alpha value is -0.770. The van der Waals surface area contributed by atoms with Crippen molar-refractivity contribution in [1.29, 1.82) is 0 Å². The summed E-state index contributed by atoms with van der Waals surface area (Å²) in [5.74, 6) is 0. The van der Waals surface area contributed by atoms with Gasteiger partial charge in [-0.3, -0.25) is 5.43 Å². The molecule has 4 nitrogen and oxygen atoms in total. The third-order valence-electron chi connectivity index (χ3n) is 6.11. The Balaban J connectivity index is 1.56. The number of carbonyl (C=O) groups excluding carboxylic acids is 1. The van der Waals surface area contributed by atoms with Crippen molar-refractivity contribution < 1.29 is 4.79 Å². The van der Waals surface area contributed by atoms with E-state index in [2.05, 4.69) is 15.8 Å². The molecule has 0 aromatic carbocycles. The van der Waals surface area contributed by atoms with Crippen molar-refractivity contribution in [3.8, 4) is 0 Å². The summed E-state index contributed by atoms with van der Waals surface area (Å²) in [6, 6.07) is 1.56. The molecular formula is C19H35N3O. The second kappa shape index (κ2) is 8.91. The lowest BCUT2D eigenvalue weighted by Crippen LogP contribution is -2.58. The van der Waals surface area contributed by atoms with Crippen molar-refractivity contribution in [2.45, 2.75) is 114 Å². The van der Waals surface area contributed by atoms with Gasteiger partial charge in [-0.2, -0.15) is 0 Å². The van der Waals surface area contributed by atoms with E-state index in [1.165, 1.54) is 83.5 Å². The molecule has 3 rings (SSSR count). The highest BCUT2D eigenvalue weighted by Crippen LogP contribution is 2.28. The van der Waals surface area contributed by atoms with Crippen LogP contribution in [0.5, 0.6) is 0 Å². The summed E-state index contributed by atoms with van der Waals surface area (Å²) in [4.78, 5) is 12.5. The molecule has 0 aromatic rings. The molecule has 0 spiro atoms. The van der Waals surface area contributed by atoms with E-state index in [9.17, 15) is 4.79 Å². The van der Waals surface area contributed by atoms with Crippen molar-refractivity contribution in [3.63, 3.8) is 0 Å². The largest absolute Gasteiger partial charge is 0.334 e. The topological polar surface area (TPSA) is 44.4 Å². The average molecular weight is 322 g/mol. The van der Waals surface area contributed by atoms with Crippen LogP contribution in [0.1, 0.15) is 96.3 Å². The molecule has 0 aliphatic heterocycles. The van der Waals surface area contributed by atoms with Gasteiger partial charge in [0.2, 0.25) is 0 Å². The molecule has 2 N–H and O–H groups in total. The Bertz CT molecular complexity index is 338. The maximum Gasteiger partial charge on any atom is 0.329 e. The van der Waals surface area contributed by atoms with Gasteiger partial charge in [-0.25, -0.2) is 9.80 Å². The molecule has 0 heterocycles. The number of nitrogens with one attached hydrogen (secondary N) is 2. The van der Waals surface area contributed by atoms with E-state index in [-0.39, 0.29) is 6.03 Å². The summed E-state index contributed by atoms with van der Waals surface area (Å²) in [6.45, 7) is 0. The van der Waals surface area contributed by atoms with Gasteiger partial charge in [0.1, 0.15) is 0 Å². The Morgan fingerprint density at radius 2 is 1.09 bits per heavy atom. The van der Waals surface area contributed by atoms with Crippen molar-refractivity contribution in [3.05, 3.63) is 0 Å². The van der Waals surface area contributed by atoms with E-state index in [1.807, 2.05) is 0 Å². The van der Waals surface area contributed by atoms with Crippen molar-refractivity contribution in [2.75, 3.05) is 0 Å². The first-order valence-electron chi connectivity index (χ1n) is 10.2. The normalized spacial score (nSPS) is 25.4. The fourth-order valence-corrected chi connectivity index (χ4v) is 4.78. The quantitative estimate of drug-likeness (QED) is 0.749. The van der Waals surface area contributed by atoms with Crippen LogP contribution in [0.3, 0.4) is 0 Å². The van der Waals surface area contributed by atoms with Gasteiger partial charge in [-0.05, 0) is 38.5 Å². The fourth-order valence-electron chi connectivity index (χ4n) is 4.78. The molecule has 0 unspecified atom stereocenters. The SMILES string of the molecule is O=C(NC1CCCCC1)NN(C1CCCCC1)C1CCCCC1. The second-order valence-electron chi connectivity index (χ2n) is 7.91. The number of carbonyl (C=O) groups is 1. The predicted octanol–water partition coefficient (Wildman–Crippen LogP) is 4.50. The lowest BCUT2D eigenvalue weighted by molar-refractivity contribution is 0.0411. The van der Waals surface area contributed by atoms with Crippen LogP contribution < -0.4 is 10.7 Å². The smallest absolute Gasteiger partial charge is 0.329 e. The van der Waals surface area contributed by atoms with Gasteiger partial charge < -0.3 is 5.32 Å². The Labute approximate surface area is 141 Å². The number of rotatable bonds is 4. The molecule has 23 heavy (non-hydrogen) atoms. The number of hydrazine groups is 1. The second-order valence-corrected chi connectivity index (χ2v) is 7.91. The average Bonchev–Trinajstić information content (AvgIpc) is 2.62. The number of nitrogens with zero attached hydrogens (tertiary/aromatic N) is 1. The third kappa shape index (κ3) is 5.10. The van der Waals surface area contributed by atoms with Gasteiger partial charge in [0.05, 0.1) is 0 Å². The highest BCUT2D eigenvalue weighted by atomic mass is 16.2. The highest BCUT2D eigenvalue weighted by molar-refractivity contribution is 5.73. The number of urea groups is 1. The molecule has 0 bridgehead atoms. The third-order valence-corrected chi connectivity index (χ3v) is 6.11. The number of hydrogen-bond donors (Lipinski definition) is 2. The first kappa shape index (κ1) is 17.1. The fraction of sp³-hybridized carbons (Fsp3) is 0.947. The van der Waals surface area contributed by atoms with Crippen LogP contribution >= 0.6 is 0 Å². The summed E-state index contributed by atoms with van der Waals surface area (Å²) in [5.41, 5.74) is 3.29. The number of amides is 2. The summed E-state index contributed by atoms with van der Waals surface area (Å²) in [6.07, 6.45) is 19.2. The first-order chi connectivity index (χ1) is 11.3. The predicted molar refractivity (Wildman–Crippen MR) is 94.1 cm³/mol. The first-order valence-corrected chi connectivity index (χ1v) is 10.2. The van der Waals surface area contributed by atoms with Gasteiger partial charge in [-0.1, -0.05) is 57.8 Å². The van der Waals surface area contributed by atoms with Crippen LogP contribution in [0, 0.1) is 0 Å².